The minimum absolute atomic E-state index is 0.0803. The smallest absolute Gasteiger partial charge is 0.0298 e. The van der Waals surface area contributed by atoms with Crippen LogP contribution in [0.25, 0.3) is 0 Å². The van der Waals surface area contributed by atoms with Crippen molar-refractivity contribution >= 4 is 0 Å². The SMILES string of the molecule is NCc1cccc(C(N)CCc2ccccc2)c1. The van der Waals surface area contributed by atoms with Crippen LogP contribution in [0.3, 0.4) is 0 Å². The molecular weight excluding hydrogens is 220 g/mol. The van der Waals surface area contributed by atoms with Gasteiger partial charge in [-0.25, -0.2) is 0 Å². The zero-order valence-corrected chi connectivity index (χ0v) is 10.5. The molecule has 2 aromatic rings. The second kappa shape index (κ2) is 6.34. The predicted octanol–water partition coefficient (Wildman–Crippen LogP) is 2.78. The van der Waals surface area contributed by atoms with Gasteiger partial charge in [0.1, 0.15) is 0 Å². The minimum Gasteiger partial charge on any atom is -0.326 e. The number of hydrogen-bond acceptors (Lipinski definition) is 2. The van der Waals surface area contributed by atoms with Crippen molar-refractivity contribution in [2.75, 3.05) is 0 Å². The molecule has 0 radical (unpaired) electrons. The van der Waals surface area contributed by atoms with Gasteiger partial charge in [0.15, 0.2) is 0 Å². The number of hydrogen-bond donors (Lipinski definition) is 2. The molecule has 0 aliphatic heterocycles. The molecule has 2 nitrogen and oxygen atoms in total. The maximum absolute atomic E-state index is 6.23. The number of rotatable bonds is 5. The molecule has 4 N–H and O–H groups in total. The van der Waals surface area contributed by atoms with Crippen molar-refractivity contribution < 1.29 is 0 Å². The van der Waals surface area contributed by atoms with Crippen LogP contribution in [-0.4, -0.2) is 0 Å². The highest BCUT2D eigenvalue weighted by Crippen LogP contribution is 2.17. The summed E-state index contributed by atoms with van der Waals surface area (Å²) in [6.07, 6.45) is 1.97. The second-order valence-electron chi connectivity index (χ2n) is 4.58. The first-order chi connectivity index (χ1) is 8.79. The fourth-order valence-electron chi connectivity index (χ4n) is 2.08. The van der Waals surface area contributed by atoms with Crippen LogP contribution < -0.4 is 11.5 Å². The fourth-order valence-corrected chi connectivity index (χ4v) is 2.08. The molecular formula is C16H20N2. The van der Waals surface area contributed by atoms with E-state index in [-0.39, 0.29) is 6.04 Å². The Morgan fingerprint density at radius 2 is 1.61 bits per heavy atom. The summed E-state index contributed by atoms with van der Waals surface area (Å²) in [6, 6.07) is 18.8. The van der Waals surface area contributed by atoms with Gasteiger partial charge in [-0.1, -0.05) is 54.6 Å². The Labute approximate surface area is 109 Å². The largest absolute Gasteiger partial charge is 0.326 e. The molecule has 0 aromatic heterocycles. The van der Waals surface area contributed by atoms with E-state index < -0.39 is 0 Å². The van der Waals surface area contributed by atoms with Crippen molar-refractivity contribution in [3.8, 4) is 0 Å². The highest BCUT2D eigenvalue weighted by molar-refractivity contribution is 5.26. The Balaban J connectivity index is 1.97. The summed E-state index contributed by atoms with van der Waals surface area (Å²) in [5, 5.41) is 0. The number of aryl methyl sites for hydroxylation is 1. The Hall–Kier alpha value is -1.64. The van der Waals surface area contributed by atoms with Gasteiger partial charge < -0.3 is 11.5 Å². The molecule has 2 heteroatoms. The number of benzene rings is 2. The van der Waals surface area contributed by atoms with Crippen LogP contribution in [0.5, 0.6) is 0 Å². The van der Waals surface area contributed by atoms with Crippen LogP contribution in [0.1, 0.15) is 29.2 Å². The summed E-state index contributed by atoms with van der Waals surface area (Å²) < 4.78 is 0. The molecule has 0 fully saturated rings. The van der Waals surface area contributed by atoms with Crippen LogP contribution in [0, 0.1) is 0 Å². The van der Waals surface area contributed by atoms with Gasteiger partial charge in [0.2, 0.25) is 0 Å². The molecule has 2 aromatic carbocycles. The summed E-state index contributed by atoms with van der Waals surface area (Å²) in [5.74, 6) is 0. The molecule has 0 saturated heterocycles. The Morgan fingerprint density at radius 1 is 0.889 bits per heavy atom. The van der Waals surface area contributed by atoms with E-state index in [0.717, 1.165) is 18.4 Å². The third-order valence-corrected chi connectivity index (χ3v) is 3.20. The van der Waals surface area contributed by atoms with Crippen molar-refractivity contribution in [3.63, 3.8) is 0 Å². The molecule has 0 heterocycles. The monoisotopic (exact) mass is 240 g/mol. The van der Waals surface area contributed by atoms with Crippen LogP contribution in [0.2, 0.25) is 0 Å². The normalized spacial score (nSPS) is 12.3. The topological polar surface area (TPSA) is 52.0 Å². The molecule has 2 rings (SSSR count). The lowest BCUT2D eigenvalue weighted by atomic mass is 9.98. The molecule has 94 valence electrons. The highest BCUT2D eigenvalue weighted by Gasteiger charge is 2.06. The summed E-state index contributed by atoms with van der Waals surface area (Å²) in [5.41, 5.74) is 15.5. The van der Waals surface area contributed by atoms with E-state index in [1.165, 1.54) is 11.1 Å². The Kier molecular flexibility index (Phi) is 4.51. The van der Waals surface area contributed by atoms with E-state index in [9.17, 15) is 0 Å². The molecule has 0 aliphatic rings. The van der Waals surface area contributed by atoms with E-state index >= 15 is 0 Å². The van der Waals surface area contributed by atoms with Crippen LogP contribution >= 0.6 is 0 Å². The summed E-state index contributed by atoms with van der Waals surface area (Å²) in [4.78, 5) is 0. The maximum Gasteiger partial charge on any atom is 0.0298 e. The van der Waals surface area contributed by atoms with Gasteiger partial charge in [0.25, 0.3) is 0 Å². The van der Waals surface area contributed by atoms with E-state index in [1.807, 2.05) is 18.2 Å². The van der Waals surface area contributed by atoms with Crippen LogP contribution in [0.15, 0.2) is 54.6 Å². The van der Waals surface area contributed by atoms with Gasteiger partial charge in [0.05, 0.1) is 0 Å². The van der Waals surface area contributed by atoms with E-state index in [4.69, 9.17) is 11.5 Å². The van der Waals surface area contributed by atoms with Gasteiger partial charge in [-0.15, -0.1) is 0 Å². The van der Waals surface area contributed by atoms with Gasteiger partial charge in [-0.05, 0) is 29.5 Å². The average Bonchev–Trinajstić information content (AvgIpc) is 2.46. The van der Waals surface area contributed by atoms with Gasteiger partial charge >= 0.3 is 0 Å². The van der Waals surface area contributed by atoms with E-state index in [2.05, 4.69) is 36.4 Å². The van der Waals surface area contributed by atoms with Crippen molar-refractivity contribution in [1.29, 1.82) is 0 Å². The highest BCUT2D eigenvalue weighted by atomic mass is 14.6. The first-order valence-corrected chi connectivity index (χ1v) is 6.38. The summed E-state index contributed by atoms with van der Waals surface area (Å²) >= 11 is 0. The Morgan fingerprint density at radius 3 is 2.33 bits per heavy atom. The molecule has 18 heavy (non-hydrogen) atoms. The van der Waals surface area contributed by atoms with E-state index in [0.29, 0.717) is 6.54 Å². The lowest BCUT2D eigenvalue weighted by Crippen LogP contribution is -2.12. The lowest BCUT2D eigenvalue weighted by Gasteiger charge is -2.13. The Bertz CT molecular complexity index is 479. The zero-order chi connectivity index (χ0) is 12.8. The first kappa shape index (κ1) is 12.8. The molecule has 1 atom stereocenters. The summed E-state index contributed by atoms with van der Waals surface area (Å²) in [6.45, 7) is 0.569. The molecule has 1 unspecified atom stereocenters. The third kappa shape index (κ3) is 3.42. The molecule has 0 spiro atoms. The minimum atomic E-state index is 0.0803. The van der Waals surface area contributed by atoms with Gasteiger partial charge in [0, 0.05) is 12.6 Å². The average molecular weight is 240 g/mol. The van der Waals surface area contributed by atoms with Crippen molar-refractivity contribution in [1.82, 2.24) is 0 Å². The van der Waals surface area contributed by atoms with E-state index in [1.54, 1.807) is 0 Å². The molecule has 0 bridgehead atoms. The lowest BCUT2D eigenvalue weighted by molar-refractivity contribution is 0.650. The molecule has 0 saturated carbocycles. The van der Waals surface area contributed by atoms with Crippen molar-refractivity contribution in [3.05, 3.63) is 71.3 Å². The third-order valence-electron chi connectivity index (χ3n) is 3.20. The zero-order valence-electron chi connectivity index (χ0n) is 10.5. The van der Waals surface area contributed by atoms with Crippen LogP contribution in [0.4, 0.5) is 0 Å². The fraction of sp³-hybridized carbons (Fsp3) is 0.250. The summed E-state index contributed by atoms with van der Waals surface area (Å²) in [7, 11) is 0. The van der Waals surface area contributed by atoms with Gasteiger partial charge in [-0.3, -0.25) is 0 Å². The number of nitrogens with two attached hydrogens (primary N) is 2. The quantitative estimate of drug-likeness (QED) is 0.844. The van der Waals surface area contributed by atoms with Crippen molar-refractivity contribution in [2.24, 2.45) is 11.5 Å². The second-order valence-corrected chi connectivity index (χ2v) is 4.58. The standard InChI is InChI=1S/C16H20N2/c17-12-14-7-4-8-15(11-14)16(18)10-9-13-5-2-1-3-6-13/h1-8,11,16H,9-10,12,17-18H2. The van der Waals surface area contributed by atoms with Gasteiger partial charge in [-0.2, -0.15) is 0 Å². The maximum atomic E-state index is 6.23. The molecule has 0 aliphatic carbocycles. The first-order valence-electron chi connectivity index (χ1n) is 6.38. The van der Waals surface area contributed by atoms with Crippen molar-refractivity contribution in [2.45, 2.75) is 25.4 Å². The predicted molar refractivity (Wildman–Crippen MR) is 76.0 cm³/mol. The molecule has 0 amide bonds. The van der Waals surface area contributed by atoms with Crippen LogP contribution in [-0.2, 0) is 13.0 Å².